The van der Waals surface area contributed by atoms with Gasteiger partial charge in [-0.05, 0) is 62.4 Å². The van der Waals surface area contributed by atoms with Crippen LogP contribution >= 0.6 is 0 Å². The zero-order chi connectivity index (χ0) is 24.3. The molecule has 0 radical (unpaired) electrons. The van der Waals surface area contributed by atoms with Crippen molar-refractivity contribution in [3.05, 3.63) is 59.4 Å². The fourth-order valence-electron chi connectivity index (χ4n) is 4.44. The predicted molar refractivity (Wildman–Crippen MR) is 126 cm³/mol. The molecule has 0 unspecified atom stereocenters. The van der Waals surface area contributed by atoms with Gasteiger partial charge in [-0.25, -0.2) is 9.37 Å². The van der Waals surface area contributed by atoms with Crippen LogP contribution in [0, 0.1) is 11.7 Å². The van der Waals surface area contributed by atoms with E-state index in [-0.39, 0.29) is 18.2 Å². The zero-order valence-corrected chi connectivity index (χ0v) is 19.3. The molecule has 5 nitrogen and oxygen atoms in total. The zero-order valence-electron chi connectivity index (χ0n) is 19.3. The van der Waals surface area contributed by atoms with Crippen molar-refractivity contribution in [1.82, 2.24) is 15.3 Å². The van der Waals surface area contributed by atoms with Crippen molar-refractivity contribution in [3.63, 3.8) is 0 Å². The van der Waals surface area contributed by atoms with Crippen LogP contribution in [0.4, 0.5) is 29.3 Å². The monoisotopic (exact) mass is 475 g/mol. The predicted octanol–water partition coefficient (Wildman–Crippen LogP) is 5.61. The molecule has 0 saturated heterocycles. The van der Waals surface area contributed by atoms with Gasteiger partial charge in [0.1, 0.15) is 11.6 Å². The molecule has 1 heterocycles. The van der Waals surface area contributed by atoms with Crippen molar-refractivity contribution in [2.75, 3.05) is 30.9 Å². The van der Waals surface area contributed by atoms with Crippen molar-refractivity contribution in [3.8, 4) is 0 Å². The Morgan fingerprint density at radius 3 is 2.41 bits per heavy atom. The highest BCUT2D eigenvalue weighted by Crippen LogP contribution is 2.31. The number of nitrogens with one attached hydrogen (secondary N) is 2. The number of aromatic nitrogens is 2. The molecule has 0 aliphatic heterocycles. The number of halogens is 4. The lowest BCUT2D eigenvalue weighted by Crippen LogP contribution is -2.31. The molecule has 1 aliphatic rings. The number of para-hydroxylation sites is 1. The molecule has 1 saturated carbocycles. The Bertz CT molecular complexity index is 1120. The van der Waals surface area contributed by atoms with Gasteiger partial charge in [-0.15, -0.1) is 0 Å². The van der Waals surface area contributed by atoms with E-state index in [4.69, 9.17) is 4.98 Å². The van der Waals surface area contributed by atoms with Crippen LogP contribution in [0.1, 0.15) is 36.8 Å². The van der Waals surface area contributed by atoms with E-state index in [1.165, 1.54) is 6.07 Å². The Balaban J connectivity index is 1.27. The summed E-state index contributed by atoms with van der Waals surface area (Å²) in [5.41, 5.74) is 0.179. The molecular formula is C25H29F4N5. The lowest BCUT2D eigenvalue weighted by atomic mass is 9.86. The maximum absolute atomic E-state index is 14.0. The van der Waals surface area contributed by atoms with Gasteiger partial charge in [0.05, 0.1) is 11.1 Å². The van der Waals surface area contributed by atoms with E-state index in [1.54, 1.807) is 0 Å². The first kappa shape index (κ1) is 24.2. The van der Waals surface area contributed by atoms with Crippen LogP contribution in [-0.2, 0) is 12.7 Å². The Hall–Kier alpha value is -2.94. The summed E-state index contributed by atoms with van der Waals surface area (Å²) in [7, 11) is 3.93. The molecule has 4 rings (SSSR count). The minimum absolute atomic E-state index is 0.209. The lowest BCUT2D eigenvalue weighted by Gasteiger charge is -2.29. The highest BCUT2D eigenvalue weighted by molar-refractivity contribution is 5.90. The molecule has 1 fully saturated rings. The lowest BCUT2D eigenvalue weighted by molar-refractivity contribution is -0.137. The number of hydrogen-bond acceptors (Lipinski definition) is 5. The normalized spacial score (nSPS) is 18.8. The van der Waals surface area contributed by atoms with Crippen molar-refractivity contribution in [1.29, 1.82) is 0 Å². The SMILES string of the molecule is CN(C)c1nc(NC2CCC(CNCc3ccc(C(F)(F)F)cc3F)CC2)nc2ccccc12. The molecule has 2 N–H and O–H groups in total. The summed E-state index contributed by atoms with van der Waals surface area (Å²) in [4.78, 5) is 11.4. The van der Waals surface area contributed by atoms with E-state index < -0.39 is 17.6 Å². The maximum atomic E-state index is 14.0. The van der Waals surface area contributed by atoms with Gasteiger partial charge in [-0.3, -0.25) is 0 Å². The quantitative estimate of drug-likeness (QED) is 0.435. The second kappa shape index (κ2) is 10.1. The smallest absolute Gasteiger partial charge is 0.362 e. The van der Waals surface area contributed by atoms with Crippen molar-refractivity contribution < 1.29 is 17.6 Å². The van der Waals surface area contributed by atoms with Crippen LogP contribution in [0.15, 0.2) is 42.5 Å². The third-order valence-electron chi connectivity index (χ3n) is 6.32. The number of nitrogens with zero attached hydrogens (tertiary/aromatic N) is 3. The van der Waals surface area contributed by atoms with Crippen LogP contribution in [0.25, 0.3) is 10.9 Å². The summed E-state index contributed by atoms with van der Waals surface area (Å²) in [6, 6.07) is 10.9. The van der Waals surface area contributed by atoms with Crippen LogP contribution in [0.5, 0.6) is 0 Å². The number of hydrogen-bond donors (Lipinski definition) is 2. The van der Waals surface area contributed by atoms with Gasteiger partial charge in [-0.2, -0.15) is 18.2 Å². The van der Waals surface area contributed by atoms with Crippen LogP contribution in [0.3, 0.4) is 0 Å². The summed E-state index contributed by atoms with van der Waals surface area (Å²) in [5.74, 6) is 1.11. The van der Waals surface area contributed by atoms with Gasteiger partial charge < -0.3 is 15.5 Å². The van der Waals surface area contributed by atoms with E-state index >= 15 is 0 Å². The molecule has 3 aromatic rings. The standard InChI is InChI=1S/C25H29F4N5/c1-34(2)23-20-5-3-4-6-22(20)32-24(33-23)31-19-11-7-16(8-12-19)14-30-15-17-9-10-18(13-21(17)26)25(27,28)29/h3-6,9-10,13,16,19,30H,7-8,11-12,14-15H2,1-2H3,(H,31,32,33). The first-order valence-electron chi connectivity index (χ1n) is 11.5. The third kappa shape index (κ3) is 5.75. The molecule has 34 heavy (non-hydrogen) atoms. The number of fused-ring (bicyclic) bond motifs is 1. The van der Waals surface area contributed by atoms with Crippen molar-refractivity contribution in [2.24, 2.45) is 5.92 Å². The Labute approximate surface area is 196 Å². The van der Waals surface area contributed by atoms with E-state index in [9.17, 15) is 17.6 Å². The maximum Gasteiger partial charge on any atom is 0.416 e. The van der Waals surface area contributed by atoms with E-state index in [1.807, 2.05) is 43.3 Å². The highest BCUT2D eigenvalue weighted by atomic mass is 19.4. The highest BCUT2D eigenvalue weighted by Gasteiger charge is 2.31. The summed E-state index contributed by atoms with van der Waals surface area (Å²) in [5, 5.41) is 7.70. The number of anilines is 2. The molecule has 2 aromatic carbocycles. The molecule has 0 amide bonds. The first-order valence-corrected chi connectivity index (χ1v) is 11.5. The molecule has 0 atom stereocenters. The van der Waals surface area contributed by atoms with E-state index in [2.05, 4.69) is 15.6 Å². The number of alkyl halides is 3. The summed E-state index contributed by atoms with van der Waals surface area (Å²) in [6.45, 7) is 0.908. The molecule has 0 bridgehead atoms. The minimum atomic E-state index is -4.54. The van der Waals surface area contributed by atoms with E-state index in [0.717, 1.165) is 48.5 Å². The van der Waals surface area contributed by atoms with Gasteiger partial charge in [0, 0.05) is 37.6 Å². The van der Waals surface area contributed by atoms with Crippen molar-refractivity contribution >= 4 is 22.7 Å². The number of rotatable bonds is 7. The summed E-state index contributed by atoms with van der Waals surface area (Å²) in [6.07, 6.45) is -0.614. The van der Waals surface area contributed by atoms with Gasteiger partial charge in [0.25, 0.3) is 0 Å². The molecule has 1 aliphatic carbocycles. The average molecular weight is 476 g/mol. The van der Waals surface area contributed by atoms with Gasteiger partial charge in [0.15, 0.2) is 0 Å². The number of benzene rings is 2. The van der Waals surface area contributed by atoms with Crippen LogP contribution in [0.2, 0.25) is 0 Å². The van der Waals surface area contributed by atoms with Crippen molar-refractivity contribution in [2.45, 2.75) is 44.4 Å². The van der Waals surface area contributed by atoms with Gasteiger partial charge >= 0.3 is 6.18 Å². The second-order valence-corrected chi connectivity index (χ2v) is 9.08. The minimum Gasteiger partial charge on any atom is -0.362 e. The molecule has 0 spiro atoms. The van der Waals surface area contributed by atoms with E-state index in [0.29, 0.717) is 24.5 Å². The van der Waals surface area contributed by atoms with Gasteiger partial charge in [0.2, 0.25) is 5.95 Å². The summed E-state index contributed by atoms with van der Waals surface area (Å²) < 4.78 is 52.1. The molecule has 182 valence electrons. The molecule has 9 heteroatoms. The third-order valence-corrected chi connectivity index (χ3v) is 6.32. The Kier molecular flexibility index (Phi) is 7.21. The Morgan fingerprint density at radius 2 is 1.74 bits per heavy atom. The van der Waals surface area contributed by atoms with Crippen LogP contribution < -0.4 is 15.5 Å². The second-order valence-electron chi connectivity index (χ2n) is 9.08. The average Bonchev–Trinajstić information content (AvgIpc) is 2.80. The molecular weight excluding hydrogens is 446 g/mol. The first-order chi connectivity index (χ1) is 16.2. The van der Waals surface area contributed by atoms with Gasteiger partial charge in [-0.1, -0.05) is 18.2 Å². The Morgan fingerprint density at radius 1 is 1.00 bits per heavy atom. The van der Waals surface area contributed by atoms with Crippen LogP contribution in [-0.4, -0.2) is 36.6 Å². The molecule has 1 aromatic heterocycles. The fraction of sp³-hybridized carbons (Fsp3) is 0.440. The fourth-order valence-corrected chi connectivity index (χ4v) is 4.44. The topological polar surface area (TPSA) is 53.1 Å². The largest absolute Gasteiger partial charge is 0.416 e. The summed E-state index contributed by atoms with van der Waals surface area (Å²) >= 11 is 0.